The Kier molecular flexibility index (Phi) is 8.54. The smallest absolute Gasteiger partial charge is 0.404 e. The average Bonchev–Trinajstić information content (AvgIpc) is 2.75. The van der Waals surface area contributed by atoms with Crippen LogP contribution in [0.15, 0.2) is 36.4 Å². The highest BCUT2D eigenvalue weighted by atomic mass is 19.1. The highest BCUT2D eigenvalue weighted by molar-refractivity contribution is 5.65. The van der Waals surface area contributed by atoms with Crippen LogP contribution in [-0.2, 0) is 17.4 Å². The molecule has 1 amide bonds. The molecule has 2 aromatic rings. The van der Waals surface area contributed by atoms with Gasteiger partial charge in [0.15, 0.2) is 0 Å². The van der Waals surface area contributed by atoms with Gasteiger partial charge in [-0.05, 0) is 60.4 Å². The second-order valence-electron chi connectivity index (χ2n) is 11.0. The van der Waals surface area contributed by atoms with Gasteiger partial charge >= 0.3 is 6.09 Å². The fourth-order valence-electron chi connectivity index (χ4n) is 5.08. The van der Waals surface area contributed by atoms with E-state index in [1.165, 1.54) is 16.7 Å². The van der Waals surface area contributed by atoms with E-state index in [4.69, 9.17) is 0 Å². The molecule has 35 heavy (non-hydrogen) atoms. The molecule has 7 heteroatoms. The summed E-state index contributed by atoms with van der Waals surface area (Å²) in [6.07, 6.45) is 2.67. The Labute approximate surface area is 207 Å². The number of hydrogen-bond donors (Lipinski definition) is 4. The SMILES string of the molecule is Cc1cc(C(C)(C)C)cc(C2(NCC(O)C(Cc3cc(F)cc(F)c3)NC(=O)O)CCCCC2)c1. The Morgan fingerprint density at radius 3 is 2.23 bits per heavy atom. The maximum Gasteiger partial charge on any atom is 0.404 e. The number of aliphatic hydroxyl groups excluding tert-OH is 1. The summed E-state index contributed by atoms with van der Waals surface area (Å²) < 4.78 is 27.3. The van der Waals surface area contributed by atoms with E-state index in [-0.39, 0.29) is 29.5 Å². The van der Waals surface area contributed by atoms with Crippen molar-refractivity contribution in [2.45, 2.75) is 89.3 Å². The predicted molar refractivity (Wildman–Crippen MR) is 134 cm³/mol. The number of aryl methyl sites for hydroxylation is 1. The largest absolute Gasteiger partial charge is 0.465 e. The monoisotopic (exact) mass is 488 g/mol. The minimum absolute atomic E-state index is 0.00707. The third-order valence-corrected chi connectivity index (χ3v) is 7.00. The lowest BCUT2D eigenvalue weighted by Gasteiger charge is -2.41. The first-order valence-electron chi connectivity index (χ1n) is 12.4. The number of carbonyl (C=O) groups is 1. The maximum absolute atomic E-state index is 13.7. The lowest BCUT2D eigenvalue weighted by molar-refractivity contribution is 0.1000. The lowest BCUT2D eigenvalue weighted by atomic mass is 9.74. The summed E-state index contributed by atoms with van der Waals surface area (Å²) in [5.41, 5.74) is 3.55. The number of amides is 1. The van der Waals surface area contributed by atoms with Gasteiger partial charge in [0.2, 0.25) is 0 Å². The highest BCUT2D eigenvalue weighted by Crippen LogP contribution is 2.39. The van der Waals surface area contributed by atoms with Crippen molar-refractivity contribution in [1.29, 1.82) is 0 Å². The molecule has 1 fully saturated rings. The van der Waals surface area contributed by atoms with Crippen LogP contribution in [0.2, 0.25) is 0 Å². The van der Waals surface area contributed by atoms with Crippen LogP contribution in [0.3, 0.4) is 0 Å². The van der Waals surface area contributed by atoms with Crippen LogP contribution < -0.4 is 10.6 Å². The Balaban J connectivity index is 1.84. The van der Waals surface area contributed by atoms with Crippen molar-refractivity contribution >= 4 is 6.09 Å². The van der Waals surface area contributed by atoms with Crippen LogP contribution in [0.25, 0.3) is 0 Å². The van der Waals surface area contributed by atoms with Gasteiger partial charge in [0, 0.05) is 18.2 Å². The van der Waals surface area contributed by atoms with E-state index in [1.807, 2.05) is 0 Å². The summed E-state index contributed by atoms with van der Waals surface area (Å²) in [7, 11) is 0. The number of benzene rings is 2. The summed E-state index contributed by atoms with van der Waals surface area (Å²) in [4.78, 5) is 11.4. The van der Waals surface area contributed by atoms with E-state index in [2.05, 4.69) is 56.5 Å². The molecule has 0 bridgehead atoms. The Morgan fingerprint density at radius 1 is 1.03 bits per heavy atom. The van der Waals surface area contributed by atoms with Crippen LogP contribution in [0, 0.1) is 18.6 Å². The molecular formula is C28H38F2N2O3. The van der Waals surface area contributed by atoms with Gasteiger partial charge in [0.1, 0.15) is 11.6 Å². The van der Waals surface area contributed by atoms with Gasteiger partial charge in [-0.25, -0.2) is 13.6 Å². The first kappa shape index (κ1) is 27.1. The molecule has 4 N–H and O–H groups in total. The van der Waals surface area contributed by atoms with Gasteiger partial charge in [0.25, 0.3) is 0 Å². The molecule has 1 aliphatic rings. The number of rotatable bonds is 8. The molecule has 5 nitrogen and oxygen atoms in total. The molecule has 0 aromatic heterocycles. The molecular weight excluding hydrogens is 450 g/mol. The molecule has 192 valence electrons. The molecule has 0 heterocycles. The maximum atomic E-state index is 13.7. The number of aliphatic hydroxyl groups is 1. The minimum Gasteiger partial charge on any atom is -0.465 e. The van der Waals surface area contributed by atoms with Crippen LogP contribution in [0.1, 0.15) is 75.1 Å². The lowest BCUT2D eigenvalue weighted by Crippen LogP contribution is -2.53. The predicted octanol–water partition coefficient (Wildman–Crippen LogP) is 5.56. The van der Waals surface area contributed by atoms with Crippen molar-refractivity contribution in [2.75, 3.05) is 6.54 Å². The van der Waals surface area contributed by atoms with Gasteiger partial charge in [-0.1, -0.05) is 63.8 Å². The normalized spacial score (nSPS) is 17.6. The first-order valence-corrected chi connectivity index (χ1v) is 12.4. The fourth-order valence-corrected chi connectivity index (χ4v) is 5.08. The number of nitrogens with one attached hydrogen (secondary N) is 2. The van der Waals surface area contributed by atoms with Crippen molar-refractivity contribution in [1.82, 2.24) is 10.6 Å². The first-order chi connectivity index (χ1) is 16.4. The van der Waals surface area contributed by atoms with Crippen LogP contribution in [-0.4, -0.2) is 35.0 Å². The van der Waals surface area contributed by atoms with Crippen molar-refractivity contribution in [3.63, 3.8) is 0 Å². The van der Waals surface area contributed by atoms with E-state index >= 15 is 0 Å². The average molecular weight is 489 g/mol. The van der Waals surface area contributed by atoms with E-state index in [0.717, 1.165) is 50.3 Å². The number of hydrogen-bond acceptors (Lipinski definition) is 3. The topological polar surface area (TPSA) is 81.6 Å². The Hall–Kier alpha value is -2.51. The van der Waals surface area contributed by atoms with Gasteiger partial charge < -0.3 is 20.8 Å². The summed E-state index contributed by atoms with van der Waals surface area (Å²) >= 11 is 0. The zero-order valence-electron chi connectivity index (χ0n) is 21.1. The van der Waals surface area contributed by atoms with Crippen LogP contribution in [0.4, 0.5) is 13.6 Å². The van der Waals surface area contributed by atoms with E-state index < -0.39 is 29.9 Å². The van der Waals surface area contributed by atoms with E-state index in [9.17, 15) is 23.8 Å². The molecule has 2 unspecified atom stereocenters. The Morgan fingerprint density at radius 2 is 1.66 bits per heavy atom. The standard InChI is InChI=1S/C28H38F2N2O3/c1-18-10-20(27(2,3)4)15-21(11-18)28(8-6-5-7-9-28)31-17-25(33)24(32-26(34)35)14-19-12-22(29)16-23(30)13-19/h10-13,15-16,24-25,31-33H,5-9,14,17H2,1-4H3,(H,34,35). The molecule has 0 aliphatic heterocycles. The fraction of sp³-hybridized carbons (Fsp3) is 0.536. The molecule has 2 aromatic carbocycles. The van der Waals surface area contributed by atoms with Crippen LogP contribution >= 0.6 is 0 Å². The number of carboxylic acid groups (broad SMARTS) is 1. The third-order valence-electron chi connectivity index (χ3n) is 7.00. The van der Waals surface area contributed by atoms with Crippen LogP contribution in [0.5, 0.6) is 0 Å². The highest BCUT2D eigenvalue weighted by Gasteiger charge is 2.36. The van der Waals surface area contributed by atoms with Crippen molar-refractivity contribution in [3.8, 4) is 0 Å². The Bertz CT molecular complexity index is 1010. The minimum atomic E-state index is -1.30. The quantitative estimate of drug-likeness (QED) is 0.392. The summed E-state index contributed by atoms with van der Waals surface area (Å²) in [6, 6.07) is 8.81. The molecule has 0 radical (unpaired) electrons. The van der Waals surface area contributed by atoms with Crippen molar-refractivity contribution in [3.05, 3.63) is 70.3 Å². The third kappa shape index (κ3) is 7.24. The zero-order chi connectivity index (χ0) is 25.8. The van der Waals surface area contributed by atoms with Crippen molar-refractivity contribution in [2.24, 2.45) is 0 Å². The molecule has 0 spiro atoms. The van der Waals surface area contributed by atoms with Gasteiger partial charge in [-0.2, -0.15) is 0 Å². The van der Waals surface area contributed by atoms with Gasteiger partial charge in [-0.3, -0.25) is 0 Å². The molecule has 1 saturated carbocycles. The molecule has 2 atom stereocenters. The summed E-state index contributed by atoms with van der Waals surface area (Å²) in [6.45, 7) is 8.80. The zero-order valence-corrected chi connectivity index (χ0v) is 21.1. The second kappa shape index (κ2) is 11.0. The summed E-state index contributed by atoms with van der Waals surface area (Å²) in [5, 5.41) is 26.2. The molecule has 3 rings (SSSR count). The number of halogens is 2. The van der Waals surface area contributed by atoms with Gasteiger partial charge in [0.05, 0.1) is 12.1 Å². The van der Waals surface area contributed by atoms with E-state index in [1.54, 1.807) is 0 Å². The summed E-state index contributed by atoms with van der Waals surface area (Å²) in [5.74, 6) is -1.48. The second-order valence-corrected chi connectivity index (χ2v) is 11.0. The molecule has 1 aliphatic carbocycles. The van der Waals surface area contributed by atoms with E-state index in [0.29, 0.717) is 0 Å². The van der Waals surface area contributed by atoms with Gasteiger partial charge in [-0.15, -0.1) is 0 Å². The molecule has 0 saturated heterocycles. The van der Waals surface area contributed by atoms with Crippen molar-refractivity contribution < 1.29 is 23.8 Å².